The molecule has 6 nitrogen and oxygen atoms in total. The zero-order chi connectivity index (χ0) is 34.1. The second-order valence-electron chi connectivity index (χ2n) is 12.4. The van der Waals surface area contributed by atoms with Crippen LogP contribution in [-0.2, 0) is 0 Å². The van der Waals surface area contributed by atoms with Gasteiger partial charge in [-0.3, -0.25) is 4.98 Å². The minimum atomic E-state index is 0.703. The van der Waals surface area contributed by atoms with Crippen LogP contribution in [0.5, 0.6) is 23.0 Å². The summed E-state index contributed by atoms with van der Waals surface area (Å²) in [4.78, 5) is 4.87. The maximum absolute atomic E-state index is 6.67. The van der Waals surface area contributed by atoms with E-state index in [1.54, 1.807) is 0 Å². The first-order valence-electron chi connectivity index (χ1n) is 16.8. The molecule has 9 rings (SSSR count). The third-order valence-electron chi connectivity index (χ3n) is 8.97. The summed E-state index contributed by atoms with van der Waals surface area (Å²) < 4.78 is 19.0. The normalized spacial score (nSPS) is 12.3. The molecule has 8 aromatic rings. The molecule has 0 bridgehead atoms. The number of para-hydroxylation sites is 3. The fraction of sp³-hybridized carbons (Fsp3) is 0.0222. The van der Waals surface area contributed by atoms with E-state index in [0.29, 0.717) is 5.75 Å². The van der Waals surface area contributed by atoms with Crippen LogP contribution < -0.4 is 9.47 Å². The molecule has 0 unspecified atom stereocenters. The number of nitrogens with zero attached hydrogens (tertiary/aromatic N) is 4. The van der Waals surface area contributed by atoms with E-state index in [2.05, 4.69) is 95.5 Å². The molecule has 0 amide bonds. The summed E-state index contributed by atoms with van der Waals surface area (Å²) in [6, 6.07) is 56.8. The van der Waals surface area contributed by atoms with Gasteiger partial charge in [-0.05, 0) is 77.9 Å². The first kappa shape index (κ1) is 30.1. The number of fused-ring (bicyclic) bond motifs is 3. The van der Waals surface area contributed by atoms with Crippen molar-refractivity contribution in [3.63, 3.8) is 0 Å². The van der Waals surface area contributed by atoms with Crippen molar-refractivity contribution in [1.82, 2.24) is 9.55 Å². The van der Waals surface area contributed by atoms with Gasteiger partial charge in [-0.15, -0.1) is 0 Å². The van der Waals surface area contributed by atoms with Gasteiger partial charge >= 0.3 is 6.01 Å². The summed E-state index contributed by atoms with van der Waals surface area (Å²) in [5.74, 6) is 2.99. The second kappa shape index (κ2) is 12.8. The molecule has 6 aromatic carbocycles. The Morgan fingerprint density at radius 3 is 1.94 bits per heavy atom. The van der Waals surface area contributed by atoms with Crippen molar-refractivity contribution in [1.29, 1.82) is 0 Å². The maximum atomic E-state index is 6.67. The van der Waals surface area contributed by atoms with Gasteiger partial charge in [0.2, 0.25) is 11.9 Å². The van der Waals surface area contributed by atoms with Crippen LogP contribution in [0.2, 0.25) is 0 Å². The average Bonchev–Trinajstić information content (AvgIpc) is 3.77. The fourth-order valence-corrected chi connectivity index (χ4v) is 6.63. The molecule has 2 aromatic heterocycles. The van der Waals surface area contributed by atoms with Crippen molar-refractivity contribution >= 4 is 33.5 Å². The first-order chi connectivity index (χ1) is 25.1. The van der Waals surface area contributed by atoms with Crippen LogP contribution in [0, 0.1) is 0 Å². The molecule has 0 atom stereocenters. The lowest BCUT2D eigenvalue weighted by molar-refractivity contribution is -0.429. The molecule has 0 N–H and O–H groups in total. The van der Waals surface area contributed by atoms with E-state index < -0.39 is 0 Å². The molecule has 0 fully saturated rings. The minimum Gasteiger partial charge on any atom is -0.457 e. The minimum absolute atomic E-state index is 0.703. The van der Waals surface area contributed by atoms with Gasteiger partial charge in [0.1, 0.15) is 23.0 Å². The summed E-state index contributed by atoms with van der Waals surface area (Å²) in [6.45, 7) is 0. The van der Waals surface area contributed by atoms with Gasteiger partial charge in [0.15, 0.2) is 7.05 Å². The van der Waals surface area contributed by atoms with Gasteiger partial charge < -0.3 is 14.0 Å². The number of benzene rings is 6. The highest BCUT2D eigenvalue weighted by Gasteiger charge is 2.18. The fourth-order valence-electron chi connectivity index (χ4n) is 6.63. The lowest BCUT2D eigenvalue weighted by atomic mass is 10.0. The lowest BCUT2D eigenvalue weighted by Gasteiger charge is -2.14. The van der Waals surface area contributed by atoms with Gasteiger partial charge in [0, 0.05) is 34.7 Å². The predicted molar refractivity (Wildman–Crippen MR) is 203 cm³/mol. The van der Waals surface area contributed by atoms with E-state index in [0.717, 1.165) is 62.0 Å². The molecule has 0 saturated carbocycles. The van der Waals surface area contributed by atoms with Crippen molar-refractivity contribution in [2.75, 3.05) is 7.05 Å². The summed E-state index contributed by atoms with van der Waals surface area (Å²) in [5.41, 5.74) is 8.02. The van der Waals surface area contributed by atoms with Gasteiger partial charge in [-0.1, -0.05) is 81.9 Å². The Hall–Kier alpha value is -7.01. The van der Waals surface area contributed by atoms with Gasteiger partial charge in [0.25, 0.3) is 6.20 Å². The van der Waals surface area contributed by atoms with Crippen molar-refractivity contribution in [3.8, 4) is 51.1 Å². The molecule has 6 heteroatoms. The summed E-state index contributed by atoms with van der Waals surface area (Å²) in [5, 5.41) is 2.39. The van der Waals surface area contributed by atoms with Crippen LogP contribution in [0.1, 0.15) is 0 Å². The standard InChI is InChI=1S/C45H32N4O2/c1-47-23-24-48(31-47)35-12-10-16-39(29-35)51-40-27-34(25-36(30-40)49-44-19-7-5-17-41(44)42-18-6-8-20-45(42)49)43-28-33(21-22-46-43)32-11-9-15-38(26-32)50-37-13-3-2-4-14-37/h2-30H,1H3/q+2. The molecule has 1 aliphatic rings. The van der Waals surface area contributed by atoms with Crippen LogP contribution in [0.15, 0.2) is 176 Å². The third kappa shape index (κ3) is 5.97. The number of aromatic nitrogens is 2. The van der Waals surface area contributed by atoms with E-state index in [9.17, 15) is 0 Å². The molecule has 0 aliphatic carbocycles. The highest BCUT2D eigenvalue weighted by Crippen LogP contribution is 2.37. The Balaban J connectivity index is 1.16. The van der Waals surface area contributed by atoms with E-state index in [-0.39, 0.29) is 0 Å². The third-order valence-corrected chi connectivity index (χ3v) is 8.97. The zero-order valence-electron chi connectivity index (χ0n) is 27.8. The maximum Gasteiger partial charge on any atom is 0.495 e. The quantitative estimate of drug-likeness (QED) is 0.152. The highest BCUT2D eigenvalue weighted by molar-refractivity contribution is 6.09. The molecular formula is C45H32N4O2+2. The molecular weight excluding hydrogens is 629 g/mol. The Morgan fingerprint density at radius 1 is 0.529 bits per heavy atom. The van der Waals surface area contributed by atoms with Crippen molar-refractivity contribution in [2.45, 2.75) is 0 Å². The predicted octanol–water partition coefficient (Wildman–Crippen LogP) is 11.0. The van der Waals surface area contributed by atoms with E-state index in [1.165, 1.54) is 10.8 Å². The van der Waals surface area contributed by atoms with E-state index >= 15 is 0 Å². The van der Waals surface area contributed by atoms with Crippen LogP contribution in [0.25, 0.3) is 49.9 Å². The van der Waals surface area contributed by atoms with E-state index in [1.807, 2.05) is 108 Å². The SMILES string of the molecule is C[N+]1=C=[N+](c2cccc(Oc3cc(-c4cc(-c5cccc(Oc6ccccc6)c5)ccn4)cc(-n4c5ccccc5c5ccccc54)c3)c2)C=C1. The highest BCUT2D eigenvalue weighted by atomic mass is 16.5. The van der Waals surface area contributed by atoms with Crippen LogP contribution in [-0.4, -0.2) is 31.8 Å². The molecule has 3 heterocycles. The molecule has 51 heavy (non-hydrogen) atoms. The molecule has 0 radical (unpaired) electrons. The monoisotopic (exact) mass is 660 g/mol. The topological polar surface area (TPSA) is 42.3 Å². The van der Waals surface area contributed by atoms with Crippen molar-refractivity contribution in [2.24, 2.45) is 0 Å². The largest absolute Gasteiger partial charge is 0.495 e. The number of ether oxygens (including phenoxy) is 2. The smallest absolute Gasteiger partial charge is 0.457 e. The summed E-state index contributed by atoms with van der Waals surface area (Å²) in [6.07, 6.45) is 5.80. The number of rotatable bonds is 8. The second-order valence-corrected chi connectivity index (χ2v) is 12.4. The van der Waals surface area contributed by atoms with Crippen LogP contribution in [0.4, 0.5) is 5.69 Å². The molecule has 0 saturated heterocycles. The zero-order valence-corrected chi connectivity index (χ0v) is 27.8. The van der Waals surface area contributed by atoms with Crippen LogP contribution >= 0.6 is 0 Å². The first-order valence-corrected chi connectivity index (χ1v) is 16.8. The Morgan fingerprint density at radius 2 is 1.18 bits per heavy atom. The average molecular weight is 661 g/mol. The number of hydrogen-bond donors (Lipinski definition) is 0. The van der Waals surface area contributed by atoms with Crippen molar-refractivity contribution < 1.29 is 18.6 Å². The summed E-state index contributed by atoms with van der Waals surface area (Å²) >= 11 is 0. The number of hydrogen-bond acceptors (Lipinski definition) is 3. The molecule has 1 aliphatic heterocycles. The van der Waals surface area contributed by atoms with Gasteiger partial charge in [-0.2, -0.15) is 0 Å². The summed E-state index contributed by atoms with van der Waals surface area (Å²) in [7, 11) is 1.96. The Labute approximate surface area is 295 Å². The Kier molecular flexibility index (Phi) is 7.54. The lowest BCUT2D eigenvalue weighted by Crippen LogP contribution is -1.97. The molecule has 242 valence electrons. The number of pyridine rings is 1. The van der Waals surface area contributed by atoms with E-state index in [4.69, 9.17) is 14.5 Å². The van der Waals surface area contributed by atoms with Gasteiger partial charge in [0.05, 0.1) is 28.5 Å². The van der Waals surface area contributed by atoms with Gasteiger partial charge in [-0.25, -0.2) is 0 Å². The van der Waals surface area contributed by atoms with Crippen molar-refractivity contribution in [3.05, 3.63) is 176 Å². The molecule has 0 spiro atoms. The Bertz CT molecular complexity index is 2650. The van der Waals surface area contributed by atoms with Crippen LogP contribution in [0.3, 0.4) is 0 Å².